The highest BCUT2D eigenvalue weighted by Gasteiger charge is 2.32. The zero-order chi connectivity index (χ0) is 20.5. The minimum atomic E-state index is -3.68. The molecular weight excluding hydrogens is 383 g/mol. The molecule has 3 rings (SSSR count). The first-order valence-corrected chi connectivity index (χ1v) is 10.4. The lowest BCUT2D eigenvalue weighted by Crippen LogP contribution is -2.48. The van der Waals surface area contributed by atoms with E-state index in [-0.39, 0.29) is 41.4 Å². The molecular formula is C20H23FN2O4S. The first-order valence-electron chi connectivity index (χ1n) is 9.00. The number of aryl methyl sites for hydroxylation is 1. The van der Waals surface area contributed by atoms with Crippen molar-refractivity contribution in [3.05, 3.63) is 59.4 Å². The Kier molecular flexibility index (Phi) is 5.83. The van der Waals surface area contributed by atoms with Crippen LogP contribution in [-0.4, -0.2) is 43.9 Å². The summed E-state index contributed by atoms with van der Waals surface area (Å²) in [5.41, 5.74) is 1.06. The number of amides is 1. The molecule has 2 aromatic rings. The summed E-state index contributed by atoms with van der Waals surface area (Å²) in [6, 6.07) is 10.1. The minimum Gasteiger partial charge on any atom is -0.373 e. The van der Waals surface area contributed by atoms with Gasteiger partial charge < -0.3 is 10.1 Å². The minimum absolute atomic E-state index is 0.0728. The second kappa shape index (κ2) is 7.98. The molecule has 1 aliphatic rings. The van der Waals surface area contributed by atoms with E-state index in [9.17, 15) is 17.6 Å². The largest absolute Gasteiger partial charge is 0.373 e. The van der Waals surface area contributed by atoms with Gasteiger partial charge in [0.15, 0.2) is 0 Å². The van der Waals surface area contributed by atoms with Gasteiger partial charge in [0.1, 0.15) is 5.82 Å². The first-order chi connectivity index (χ1) is 13.2. The number of carbonyl (C=O) groups is 1. The van der Waals surface area contributed by atoms with Gasteiger partial charge in [0.25, 0.3) is 5.91 Å². The number of sulfonamides is 1. The first kappa shape index (κ1) is 20.4. The van der Waals surface area contributed by atoms with Crippen molar-refractivity contribution in [1.82, 2.24) is 4.31 Å². The van der Waals surface area contributed by atoms with Gasteiger partial charge in [-0.1, -0.05) is 6.07 Å². The molecule has 8 heteroatoms. The highest BCUT2D eigenvalue weighted by Crippen LogP contribution is 2.22. The monoisotopic (exact) mass is 406 g/mol. The molecule has 1 amide bonds. The number of nitrogens with zero attached hydrogens (tertiary/aromatic N) is 1. The van der Waals surface area contributed by atoms with Gasteiger partial charge in [-0.15, -0.1) is 0 Å². The number of hydrogen-bond acceptors (Lipinski definition) is 4. The van der Waals surface area contributed by atoms with Gasteiger partial charge in [-0.05, 0) is 62.7 Å². The van der Waals surface area contributed by atoms with E-state index in [0.29, 0.717) is 0 Å². The van der Waals surface area contributed by atoms with Crippen LogP contribution in [0.3, 0.4) is 0 Å². The van der Waals surface area contributed by atoms with Crippen molar-refractivity contribution in [3.8, 4) is 0 Å². The number of halogens is 1. The summed E-state index contributed by atoms with van der Waals surface area (Å²) in [7, 11) is -3.68. The van der Waals surface area contributed by atoms with Crippen LogP contribution in [-0.2, 0) is 14.8 Å². The van der Waals surface area contributed by atoms with Gasteiger partial charge in [0.05, 0.1) is 22.8 Å². The number of anilines is 1. The summed E-state index contributed by atoms with van der Waals surface area (Å²) in [6.45, 7) is 5.97. The van der Waals surface area contributed by atoms with Gasteiger partial charge in [-0.2, -0.15) is 4.31 Å². The molecule has 6 nitrogen and oxygen atoms in total. The fraction of sp³-hybridized carbons (Fsp3) is 0.350. The van der Waals surface area contributed by atoms with Crippen LogP contribution in [0.15, 0.2) is 47.4 Å². The molecule has 0 saturated carbocycles. The quantitative estimate of drug-likeness (QED) is 0.846. The smallest absolute Gasteiger partial charge is 0.255 e. The van der Waals surface area contributed by atoms with Crippen LogP contribution < -0.4 is 5.32 Å². The number of ether oxygens (including phenoxy) is 1. The van der Waals surface area contributed by atoms with Crippen LogP contribution in [0.25, 0.3) is 0 Å². The van der Waals surface area contributed by atoms with Crippen LogP contribution in [0.5, 0.6) is 0 Å². The Hall–Kier alpha value is -2.29. The van der Waals surface area contributed by atoms with Gasteiger partial charge in [-0.25, -0.2) is 12.8 Å². The van der Waals surface area contributed by atoms with E-state index >= 15 is 0 Å². The Labute approximate surface area is 164 Å². The number of benzene rings is 2. The Morgan fingerprint density at radius 1 is 1.11 bits per heavy atom. The van der Waals surface area contributed by atoms with Crippen molar-refractivity contribution < 1.29 is 22.3 Å². The maximum absolute atomic E-state index is 13.9. The molecule has 0 spiro atoms. The average molecular weight is 406 g/mol. The second-order valence-electron chi connectivity index (χ2n) is 7.04. The van der Waals surface area contributed by atoms with E-state index in [2.05, 4.69) is 5.32 Å². The van der Waals surface area contributed by atoms with Crippen molar-refractivity contribution in [2.75, 3.05) is 18.4 Å². The normalized spacial score (nSPS) is 20.7. The molecule has 1 saturated heterocycles. The molecule has 1 heterocycles. The van der Waals surface area contributed by atoms with Gasteiger partial charge >= 0.3 is 0 Å². The highest BCUT2D eigenvalue weighted by molar-refractivity contribution is 7.89. The predicted octanol–water partition coefficient (Wildman–Crippen LogP) is 3.18. The molecule has 2 aromatic carbocycles. The third-order valence-electron chi connectivity index (χ3n) is 4.51. The topological polar surface area (TPSA) is 75.7 Å². The molecule has 1 fully saturated rings. The van der Waals surface area contributed by atoms with Crippen LogP contribution >= 0.6 is 0 Å². The molecule has 0 radical (unpaired) electrons. The Morgan fingerprint density at radius 2 is 1.71 bits per heavy atom. The lowest BCUT2D eigenvalue weighted by atomic mass is 10.2. The number of nitrogens with one attached hydrogen (secondary N) is 1. The molecule has 1 aliphatic heterocycles. The third-order valence-corrected chi connectivity index (χ3v) is 6.36. The number of rotatable bonds is 4. The SMILES string of the molecule is Cc1ccc(NC(=O)c2ccc(S(=O)(=O)N3CC(C)OC(C)C3)cc2)c(F)c1. The lowest BCUT2D eigenvalue weighted by molar-refractivity contribution is -0.0440. The molecule has 2 unspecified atom stereocenters. The number of carbonyl (C=O) groups excluding carboxylic acids is 1. The highest BCUT2D eigenvalue weighted by atomic mass is 32.2. The maximum atomic E-state index is 13.9. The lowest BCUT2D eigenvalue weighted by Gasteiger charge is -2.34. The van der Waals surface area contributed by atoms with E-state index in [1.807, 2.05) is 13.8 Å². The molecule has 0 aromatic heterocycles. The van der Waals surface area contributed by atoms with Crippen LogP contribution in [0, 0.1) is 12.7 Å². The molecule has 150 valence electrons. The van der Waals surface area contributed by atoms with E-state index in [1.54, 1.807) is 13.0 Å². The Balaban J connectivity index is 1.76. The molecule has 1 N–H and O–H groups in total. The zero-order valence-electron chi connectivity index (χ0n) is 16.0. The van der Waals surface area contributed by atoms with Crippen molar-refractivity contribution in [2.24, 2.45) is 0 Å². The second-order valence-corrected chi connectivity index (χ2v) is 8.98. The van der Waals surface area contributed by atoms with E-state index < -0.39 is 21.7 Å². The number of morpholine rings is 1. The molecule has 28 heavy (non-hydrogen) atoms. The fourth-order valence-corrected chi connectivity index (χ4v) is 4.76. The van der Waals surface area contributed by atoms with Crippen LogP contribution in [0.1, 0.15) is 29.8 Å². The van der Waals surface area contributed by atoms with Gasteiger partial charge in [-0.3, -0.25) is 4.79 Å². The summed E-state index contributed by atoms with van der Waals surface area (Å²) in [6.07, 6.45) is -0.374. The van der Waals surface area contributed by atoms with Crippen molar-refractivity contribution in [2.45, 2.75) is 37.9 Å². The fourth-order valence-electron chi connectivity index (χ4n) is 3.17. The van der Waals surface area contributed by atoms with Crippen LogP contribution in [0.4, 0.5) is 10.1 Å². The Morgan fingerprint density at radius 3 is 2.29 bits per heavy atom. The summed E-state index contributed by atoms with van der Waals surface area (Å²) in [4.78, 5) is 12.4. The molecule has 0 bridgehead atoms. The van der Waals surface area contributed by atoms with Gasteiger partial charge in [0, 0.05) is 18.7 Å². The Bertz CT molecular complexity index is 966. The van der Waals surface area contributed by atoms with E-state index in [0.717, 1.165) is 5.56 Å². The molecule has 0 aliphatic carbocycles. The van der Waals surface area contributed by atoms with E-state index in [1.165, 1.54) is 40.7 Å². The maximum Gasteiger partial charge on any atom is 0.255 e. The standard InChI is InChI=1S/C20H23FN2O4S/c1-13-4-9-19(18(21)10-13)22-20(24)16-5-7-17(8-6-16)28(25,26)23-11-14(2)27-15(3)12-23/h4-10,14-15H,11-12H2,1-3H3,(H,22,24). The van der Waals surface area contributed by atoms with Crippen molar-refractivity contribution >= 4 is 21.6 Å². The van der Waals surface area contributed by atoms with Crippen molar-refractivity contribution in [3.63, 3.8) is 0 Å². The zero-order valence-corrected chi connectivity index (χ0v) is 16.8. The summed E-state index contributed by atoms with van der Waals surface area (Å²) in [5.74, 6) is -1.04. The summed E-state index contributed by atoms with van der Waals surface area (Å²) in [5, 5.41) is 2.50. The van der Waals surface area contributed by atoms with E-state index in [4.69, 9.17) is 4.74 Å². The van der Waals surface area contributed by atoms with Crippen molar-refractivity contribution in [1.29, 1.82) is 0 Å². The third kappa shape index (κ3) is 4.40. The number of hydrogen-bond donors (Lipinski definition) is 1. The molecule has 2 atom stereocenters. The summed E-state index contributed by atoms with van der Waals surface area (Å²) < 4.78 is 46.6. The average Bonchev–Trinajstić information content (AvgIpc) is 2.63. The van der Waals surface area contributed by atoms with Crippen LogP contribution in [0.2, 0.25) is 0 Å². The predicted molar refractivity (Wildman–Crippen MR) is 104 cm³/mol. The van der Waals surface area contributed by atoms with Gasteiger partial charge in [0.2, 0.25) is 10.0 Å². The summed E-state index contributed by atoms with van der Waals surface area (Å²) >= 11 is 0.